The van der Waals surface area contributed by atoms with Crippen LogP contribution in [0.3, 0.4) is 0 Å². The smallest absolute Gasteiger partial charge is 0.246 e. The molecule has 0 aliphatic carbocycles. The van der Waals surface area contributed by atoms with Gasteiger partial charge in [-0.15, -0.1) is 11.8 Å². The highest BCUT2D eigenvalue weighted by molar-refractivity contribution is 5.74. The van der Waals surface area contributed by atoms with Crippen LogP contribution in [0.5, 0.6) is 0 Å². The predicted molar refractivity (Wildman–Crippen MR) is 82.1 cm³/mol. The molecule has 1 aromatic carbocycles. The summed E-state index contributed by atoms with van der Waals surface area (Å²) in [5.41, 5.74) is 1.18. The van der Waals surface area contributed by atoms with E-state index in [1.165, 1.54) is 17.7 Å². The van der Waals surface area contributed by atoms with Gasteiger partial charge in [0, 0.05) is 32.9 Å². The average molecular weight is 289 g/mol. The van der Waals surface area contributed by atoms with Gasteiger partial charge in [-0.25, -0.2) is 5.06 Å². The maximum Gasteiger partial charge on any atom is 0.246 e. The minimum atomic E-state index is -0.0574. The molecular formula is C17H23NO3. The Morgan fingerprint density at radius 3 is 2.62 bits per heavy atom. The van der Waals surface area contributed by atoms with E-state index in [0.717, 1.165) is 12.8 Å². The number of hydroxylamine groups is 2. The van der Waals surface area contributed by atoms with E-state index in [0.29, 0.717) is 26.1 Å². The molecule has 1 rings (SSSR count). The lowest BCUT2D eigenvalue weighted by Crippen LogP contribution is -2.24. The SMILES string of the molecule is CON(C)C(=O)CCC#CCCCOCc1ccccc1. The van der Waals surface area contributed by atoms with E-state index in [1.54, 1.807) is 7.05 Å². The number of ether oxygens (including phenoxy) is 1. The summed E-state index contributed by atoms with van der Waals surface area (Å²) >= 11 is 0. The largest absolute Gasteiger partial charge is 0.377 e. The third-order valence-corrected chi connectivity index (χ3v) is 2.92. The van der Waals surface area contributed by atoms with Gasteiger partial charge in [0.1, 0.15) is 0 Å². The number of carbonyl (C=O) groups excluding carboxylic acids is 1. The Balaban J connectivity index is 2.00. The molecule has 0 atom stereocenters. The summed E-state index contributed by atoms with van der Waals surface area (Å²) in [5, 5.41) is 1.22. The zero-order valence-electron chi connectivity index (χ0n) is 12.8. The Bertz CT molecular complexity index is 462. The summed E-state index contributed by atoms with van der Waals surface area (Å²) in [7, 11) is 3.07. The highest BCUT2D eigenvalue weighted by Gasteiger charge is 2.05. The maximum atomic E-state index is 11.4. The van der Waals surface area contributed by atoms with Gasteiger partial charge < -0.3 is 4.74 Å². The van der Waals surface area contributed by atoms with E-state index >= 15 is 0 Å². The zero-order chi connectivity index (χ0) is 15.3. The van der Waals surface area contributed by atoms with Crippen molar-refractivity contribution in [3.63, 3.8) is 0 Å². The highest BCUT2D eigenvalue weighted by Crippen LogP contribution is 2.01. The number of hydrogen-bond donors (Lipinski definition) is 0. The molecule has 114 valence electrons. The van der Waals surface area contributed by atoms with Crippen LogP contribution < -0.4 is 0 Å². The van der Waals surface area contributed by atoms with Crippen LogP contribution in [0.1, 0.15) is 31.2 Å². The third kappa shape index (κ3) is 8.13. The molecule has 0 N–H and O–H groups in total. The Kier molecular flexibility index (Phi) is 8.94. The normalized spacial score (nSPS) is 9.81. The lowest BCUT2D eigenvalue weighted by Gasteiger charge is -2.11. The van der Waals surface area contributed by atoms with Gasteiger partial charge in [-0.2, -0.15) is 0 Å². The molecule has 0 radical (unpaired) electrons. The van der Waals surface area contributed by atoms with Gasteiger partial charge in [0.15, 0.2) is 0 Å². The van der Waals surface area contributed by atoms with Gasteiger partial charge >= 0.3 is 0 Å². The van der Waals surface area contributed by atoms with Crippen molar-refractivity contribution in [3.8, 4) is 11.8 Å². The van der Waals surface area contributed by atoms with Crippen LogP contribution in [-0.2, 0) is 21.0 Å². The molecule has 0 unspecified atom stereocenters. The van der Waals surface area contributed by atoms with Crippen molar-refractivity contribution in [2.24, 2.45) is 0 Å². The summed E-state index contributed by atoms with van der Waals surface area (Å²) < 4.78 is 5.57. The predicted octanol–water partition coefficient (Wildman–Crippen LogP) is 2.79. The van der Waals surface area contributed by atoms with Crippen molar-refractivity contribution in [2.75, 3.05) is 20.8 Å². The Morgan fingerprint density at radius 1 is 1.19 bits per heavy atom. The van der Waals surface area contributed by atoms with Crippen molar-refractivity contribution < 1.29 is 14.4 Å². The summed E-state index contributed by atoms with van der Waals surface area (Å²) in [6, 6.07) is 10.1. The maximum absolute atomic E-state index is 11.4. The van der Waals surface area contributed by atoms with Crippen LogP contribution in [0.2, 0.25) is 0 Å². The zero-order valence-corrected chi connectivity index (χ0v) is 12.8. The Labute approximate surface area is 127 Å². The first-order valence-electron chi connectivity index (χ1n) is 7.12. The minimum Gasteiger partial charge on any atom is -0.377 e. The number of hydrogen-bond acceptors (Lipinski definition) is 3. The van der Waals surface area contributed by atoms with E-state index in [-0.39, 0.29) is 5.91 Å². The summed E-state index contributed by atoms with van der Waals surface area (Å²) in [5.74, 6) is 5.99. The molecule has 0 aliphatic heterocycles. The van der Waals surface area contributed by atoms with Crippen LogP contribution in [0.25, 0.3) is 0 Å². The van der Waals surface area contributed by atoms with Crippen molar-refractivity contribution in [1.82, 2.24) is 5.06 Å². The van der Waals surface area contributed by atoms with Gasteiger partial charge in [-0.1, -0.05) is 30.3 Å². The second kappa shape index (κ2) is 10.9. The van der Waals surface area contributed by atoms with E-state index < -0.39 is 0 Å². The summed E-state index contributed by atoms with van der Waals surface area (Å²) in [6.07, 6.45) is 2.66. The van der Waals surface area contributed by atoms with E-state index in [1.807, 2.05) is 30.3 Å². The molecule has 0 fully saturated rings. The van der Waals surface area contributed by atoms with Crippen LogP contribution in [-0.4, -0.2) is 31.7 Å². The Morgan fingerprint density at radius 2 is 1.90 bits per heavy atom. The molecule has 0 aliphatic rings. The second-order valence-electron chi connectivity index (χ2n) is 4.57. The third-order valence-electron chi connectivity index (χ3n) is 2.92. The molecule has 4 heteroatoms. The van der Waals surface area contributed by atoms with E-state index in [4.69, 9.17) is 9.57 Å². The van der Waals surface area contributed by atoms with Crippen molar-refractivity contribution in [3.05, 3.63) is 35.9 Å². The standard InChI is InChI=1S/C17H23NO3/c1-18(20-2)17(19)13-9-4-3-5-10-14-21-15-16-11-7-6-8-12-16/h6-8,11-12H,5,9-10,13-15H2,1-2H3. The molecule has 0 aromatic heterocycles. The average Bonchev–Trinajstić information content (AvgIpc) is 2.53. The van der Waals surface area contributed by atoms with Gasteiger partial charge in [-0.3, -0.25) is 9.63 Å². The van der Waals surface area contributed by atoms with Gasteiger partial charge in [-0.05, 0) is 12.0 Å². The van der Waals surface area contributed by atoms with E-state index in [9.17, 15) is 4.79 Å². The van der Waals surface area contributed by atoms with Crippen molar-refractivity contribution in [1.29, 1.82) is 0 Å². The van der Waals surface area contributed by atoms with Gasteiger partial charge in [0.25, 0.3) is 0 Å². The van der Waals surface area contributed by atoms with Crippen LogP contribution >= 0.6 is 0 Å². The molecule has 0 bridgehead atoms. The van der Waals surface area contributed by atoms with Crippen molar-refractivity contribution >= 4 is 5.91 Å². The fourth-order valence-corrected chi connectivity index (χ4v) is 1.63. The highest BCUT2D eigenvalue weighted by atomic mass is 16.7. The van der Waals surface area contributed by atoms with Crippen LogP contribution in [0.4, 0.5) is 0 Å². The van der Waals surface area contributed by atoms with Crippen LogP contribution in [0.15, 0.2) is 30.3 Å². The number of benzene rings is 1. The fourth-order valence-electron chi connectivity index (χ4n) is 1.63. The van der Waals surface area contributed by atoms with Crippen LogP contribution in [0, 0.1) is 11.8 Å². The number of nitrogens with zero attached hydrogens (tertiary/aromatic N) is 1. The molecule has 4 nitrogen and oxygen atoms in total. The molecule has 0 heterocycles. The lowest BCUT2D eigenvalue weighted by molar-refractivity contribution is -0.168. The van der Waals surface area contributed by atoms with E-state index in [2.05, 4.69) is 11.8 Å². The number of carbonyl (C=O) groups is 1. The number of rotatable bonds is 8. The molecule has 0 saturated heterocycles. The summed E-state index contributed by atoms with van der Waals surface area (Å²) in [4.78, 5) is 16.2. The molecule has 0 saturated carbocycles. The molecule has 21 heavy (non-hydrogen) atoms. The second-order valence-corrected chi connectivity index (χ2v) is 4.57. The topological polar surface area (TPSA) is 38.8 Å². The first-order chi connectivity index (χ1) is 10.2. The first kappa shape index (κ1) is 17.2. The minimum absolute atomic E-state index is 0.0574. The monoisotopic (exact) mass is 289 g/mol. The number of unbranched alkanes of at least 4 members (excludes halogenated alkanes) is 1. The number of amides is 1. The quantitative estimate of drug-likeness (QED) is 0.419. The van der Waals surface area contributed by atoms with Gasteiger partial charge in [0.2, 0.25) is 5.91 Å². The fraction of sp³-hybridized carbons (Fsp3) is 0.471. The molecular weight excluding hydrogens is 266 g/mol. The first-order valence-corrected chi connectivity index (χ1v) is 7.12. The van der Waals surface area contributed by atoms with Crippen molar-refractivity contribution in [2.45, 2.75) is 32.3 Å². The molecule has 1 amide bonds. The summed E-state index contributed by atoms with van der Waals surface area (Å²) in [6.45, 7) is 1.35. The molecule has 1 aromatic rings. The Hall–Kier alpha value is -1.83. The lowest BCUT2D eigenvalue weighted by atomic mass is 10.2. The molecule has 0 spiro atoms. The van der Waals surface area contributed by atoms with Gasteiger partial charge in [0.05, 0.1) is 13.7 Å².